The van der Waals surface area contributed by atoms with Crippen LogP contribution < -0.4 is 14.8 Å². The SMILES string of the molecule is O=C(COc1ccc(F)c(Cl)c1)Nc1cccc2c(S(=O)(=O)Nc3nccs3)cccc12.[HH].[HH]. The molecule has 0 saturated carbocycles. The number of thiazole rings is 1. The number of hydrogen-bond donors (Lipinski definition) is 2. The number of nitrogens with zero attached hydrogens (tertiary/aromatic N) is 1. The summed E-state index contributed by atoms with van der Waals surface area (Å²) in [5.74, 6) is -0.826. The third-order valence-corrected chi connectivity index (χ3v) is 6.87. The average Bonchev–Trinajstić information content (AvgIpc) is 3.27. The number of halogens is 2. The van der Waals surface area contributed by atoms with Gasteiger partial charge in [-0.05, 0) is 24.3 Å². The molecular formula is C21H19ClFN3O4S2. The third-order valence-electron chi connectivity index (χ3n) is 4.36. The predicted molar refractivity (Wildman–Crippen MR) is 127 cm³/mol. The van der Waals surface area contributed by atoms with Crippen molar-refractivity contribution >= 4 is 60.5 Å². The molecule has 7 nitrogen and oxygen atoms in total. The van der Waals surface area contributed by atoms with E-state index in [0.29, 0.717) is 16.5 Å². The van der Waals surface area contributed by atoms with Crippen LogP contribution in [0.4, 0.5) is 15.2 Å². The number of carbonyl (C=O) groups excluding carboxylic acids is 1. The summed E-state index contributed by atoms with van der Waals surface area (Å²) < 4.78 is 46.8. The monoisotopic (exact) mass is 495 g/mol. The van der Waals surface area contributed by atoms with Gasteiger partial charge >= 0.3 is 0 Å². The van der Waals surface area contributed by atoms with E-state index in [2.05, 4.69) is 15.0 Å². The summed E-state index contributed by atoms with van der Waals surface area (Å²) in [6.45, 7) is -0.345. The Kier molecular flexibility index (Phi) is 6.26. The van der Waals surface area contributed by atoms with Gasteiger partial charge in [0.2, 0.25) is 0 Å². The van der Waals surface area contributed by atoms with Gasteiger partial charge in [0.05, 0.1) is 9.92 Å². The summed E-state index contributed by atoms with van der Waals surface area (Å²) in [4.78, 5) is 16.4. The molecule has 0 aliphatic heterocycles. The van der Waals surface area contributed by atoms with Crippen LogP contribution in [0.25, 0.3) is 10.8 Å². The van der Waals surface area contributed by atoms with E-state index < -0.39 is 21.7 Å². The van der Waals surface area contributed by atoms with Crippen molar-refractivity contribution in [3.63, 3.8) is 0 Å². The van der Waals surface area contributed by atoms with Crippen molar-refractivity contribution in [1.29, 1.82) is 0 Å². The summed E-state index contributed by atoms with van der Waals surface area (Å²) in [6, 6.07) is 13.5. The lowest BCUT2D eigenvalue weighted by atomic mass is 10.1. The smallest absolute Gasteiger partial charge is 0.264 e. The highest BCUT2D eigenvalue weighted by Crippen LogP contribution is 2.30. The van der Waals surface area contributed by atoms with Gasteiger partial charge in [-0.2, -0.15) is 0 Å². The minimum Gasteiger partial charge on any atom is -0.484 e. The fraction of sp³-hybridized carbons (Fsp3) is 0.0476. The number of aromatic nitrogens is 1. The van der Waals surface area contributed by atoms with Crippen molar-refractivity contribution in [3.8, 4) is 5.75 Å². The van der Waals surface area contributed by atoms with Crippen LogP contribution in [0.3, 0.4) is 0 Å². The molecule has 0 atom stereocenters. The first kappa shape index (κ1) is 22.0. The molecule has 2 N–H and O–H groups in total. The molecule has 11 heteroatoms. The molecule has 1 heterocycles. The lowest BCUT2D eigenvalue weighted by Gasteiger charge is -2.13. The molecule has 168 valence electrons. The van der Waals surface area contributed by atoms with Crippen LogP contribution >= 0.6 is 22.9 Å². The molecule has 3 aromatic carbocycles. The lowest BCUT2D eigenvalue weighted by Crippen LogP contribution is -2.20. The van der Waals surface area contributed by atoms with Crippen LogP contribution in [0.2, 0.25) is 5.02 Å². The maximum absolute atomic E-state index is 13.2. The number of amides is 1. The van der Waals surface area contributed by atoms with E-state index in [-0.39, 0.29) is 30.3 Å². The van der Waals surface area contributed by atoms with Crippen LogP contribution in [0, 0.1) is 5.82 Å². The van der Waals surface area contributed by atoms with Crippen LogP contribution in [-0.2, 0) is 14.8 Å². The van der Waals surface area contributed by atoms with Crippen molar-refractivity contribution < 1.29 is 25.2 Å². The molecule has 0 unspecified atom stereocenters. The minimum absolute atomic E-state index is 0. The lowest BCUT2D eigenvalue weighted by molar-refractivity contribution is -0.118. The highest BCUT2D eigenvalue weighted by molar-refractivity contribution is 7.93. The van der Waals surface area contributed by atoms with Crippen LogP contribution in [0.5, 0.6) is 5.75 Å². The molecular weight excluding hydrogens is 477 g/mol. The Morgan fingerprint density at radius 1 is 1.16 bits per heavy atom. The van der Waals surface area contributed by atoms with E-state index in [4.69, 9.17) is 16.3 Å². The van der Waals surface area contributed by atoms with Gasteiger partial charge in [0.25, 0.3) is 15.9 Å². The second kappa shape index (κ2) is 9.11. The van der Waals surface area contributed by atoms with Crippen molar-refractivity contribution in [3.05, 3.63) is 77.0 Å². The number of benzene rings is 3. The zero-order valence-electron chi connectivity index (χ0n) is 16.2. The number of nitrogens with one attached hydrogen (secondary N) is 2. The first-order chi connectivity index (χ1) is 15.3. The molecule has 32 heavy (non-hydrogen) atoms. The summed E-state index contributed by atoms with van der Waals surface area (Å²) in [7, 11) is -3.89. The number of hydrogen-bond acceptors (Lipinski definition) is 6. The Balaban J connectivity index is 0.00000204. The quantitative estimate of drug-likeness (QED) is 0.358. The number of fused-ring (bicyclic) bond motifs is 1. The Labute approximate surface area is 194 Å². The Morgan fingerprint density at radius 2 is 1.94 bits per heavy atom. The summed E-state index contributed by atoms with van der Waals surface area (Å²) in [6.07, 6.45) is 1.50. The molecule has 4 aromatic rings. The van der Waals surface area contributed by atoms with Gasteiger partial charge in [0.1, 0.15) is 11.6 Å². The van der Waals surface area contributed by atoms with Gasteiger partial charge in [-0.3, -0.25) is 9.52 Å². The fourth-order valence-corrected chi connectivity index (χ4v) is 5.15. The Bertz CT molecular complexity index is 1410. The van der Waals surface area contributed by atoms with E-state index in [1.807, 2.05) is 0 Å². The average molecular weight is 496 g/mol. The molecule has 0 saturated heterocycles. The van der Waals surface area contributed by atoms with E-state index in [0.717, 1.165) is 6.07 Å². The number of rotatable bonds is 7. The van der Waals surface area contributed by atoms with Crippen LogP contribution in [-0.4, -0.2) is 25.9 Å². The molecule has 1 amide bonds. The largest absolute Gasteiger partial charge is 0.484 e. The number of ether oxygens (including phenoxy) is 1. The zero-order chi connectivity index (χ0) is 22.7. The maximum atomic E-state index is 13.2. The van der Waals surface area contributed by atoms with Gasteiger partial charge in [0.15, 0.2) is 11.7 Å². The number of anilines is 2. The zero-order valence-corrected chi connectivity index (χ0v) is 18.6. The first-order valence-electron chi connectivity index (χ1n) is 9.15. The van der Waals surface area contributed by atoms with Gasteiger partial charge in [-0.1, -0.05) is 35.9 Å². The van der Waals surface area contributed by atoms with Crippen LogP contribution in [0.15, 0.2) is 71.1 Å². The molecule has 1 aromatic heterocycles. The van der Waals surface area contributed by atoms with Crippen molar-refractivity contribution in [1.82, 2.24) is 4.98 Å². The number of sulfonamides is 1. The molecule has 0 spiro atoms. The first-order valence-corrected chi connectivity index (χ1v) is 11.9. The minimum atomic E-state index is -3.89. The molecule has 0 aliphatic carbocycles. The summed E-state index contributed by atoms with van der Waals surface area (Å²) in [5, 5.41) is 5.48. The number of carbonyl (C=O) groups is 1. The topological polar surface area (TPSA) is 97.4 Å². The van der Waals surface area contributed by atoms with Crippen molar-refractivity contribution in [2.75, 3.05) is 16.6 Å². The maximum Gasteiger partial charge on any atom is 0.264 e. The van der Waals surface area contributed by atoms with E-state index in [9.17, 15) is 17.6 Å². The molecule has 0 bridgehead atoms. The molecule has 4 rings (SSSR count). The van der Waals surface area contributed by atoms with Crippen molar-refractivity contribution in [2.24, 2.45) is 0 Å². The van der Waals surface area contributed by atoms with Gasteiger partial charge < -0.3 is 10.1 Å². The highest BCUT2D eigenvalue weighted by atomic mass is 35.5. The van der Waals surface area contributed by atoms with E-state index in [1.54, 1.807) is 35.7 Å². The van der Waals surface area contributed by atoms with Gasteiger partial charge in [0, 0.05) is 37.0 Å². The standard InChI is InChI=1S/C21H15ClFN3O4S2.2H2/c22-16-11-13(7-8-17(16)23)30-12-20(27)25-18-5-1-4-15-14(18)3-2-6-19(15)32(28,29)26-21-24-9-10-31-21;;/h1-11H,12H2,(H,24,26)(H,25,27);2*1H. The second-order valence-electron chi connectivity index (χ2n) is 6.51. The molecule has 0 radical (unpaired) electrons. The van der Waals surface area contributed by atoms with Crippen molar-refractivity contribution in [2.45, 2.75) is 4.90 Å². The third kappa shape index (κ3) is 4.82. The molecule has 0 aliphatic rings. The highest BCUT2D eigenvalue weighted by Gasteiger charge is 2.19. The fourth-order valence-electron chi connectivity index (χ4n) is 2.97. The summed E-state index contributed by atoms with van der Waals surface area (Å²) >= 11 is 6.87. The van der Waals surface area contributed by atoms with Gasteiger partial charge in [-0.25, -0.2) is 17.8 Å². The summed E-state index contributed by atoms with van der Waals surface area (Å²) in [5.41, 5.74) is 0.416. The van der Waals surface area contributed by atoms with Gasteiger partial charge in [-0.15, -0.1) is 11.3 Å². The normalized spacial score (nSPS) is 11.3. The molecule has 0 fully saturated rings. The Morgan fingerprint density at radius 3 is 2.69 bits per heavy atom. The Hall–Kier alpha value is -3.21. The van der Waals surface area contributed by atoms with E-state index >= 15 is 0 Å². The predicted octanol–water partition coefficient (Wildman–Crippen LogP) is 5.40. The van der Waals surface area contributed by atoms with E-state index in [1.165, 1.54) is 35.7 Å². The van der Waals surface area contributed by atoms with Crippen LogP contribution in [0.1, 0.15) is 2.85 Å². The second-order valence-corrected chi connectivity index (χ2v) is 9.46.